The van der Waals surface area contributed by atoms with E-state index in [1.54, 1.807) is 0 Å². The number of fused-ring (bicyclic) bond motifs is 1. The Kier molecular flexibility index (Phi) is 3.55. The monoisotopic (exact) mass is 234 g/mol. The Hall–Kier alpha value is -0.860. The molecule has 2 nitrogen and oxygen atoms in total. The molecule has 0 saturated carbocycles. The number of hydrogen-bond donors (Lipinski definition) is 1. The van der Waals surface area contributed by atoms with Crippen LogP contribution in [0.3, 0.4) is 0 Å². The first-order chi connectivity index (χ1) is 7.98. The lowest BCUT2D eigenvalue weighted by atomic mass is 9.83. The fourth-order valence-electron chi connectivity index (χ4n) is 2.23. The van der Waals surface area contributed by atoms with Crippen LogP contribution in [0.1, 0.15) is 44.4 Å². The molecule has 2 rings (SSSR count). The molecule has 1 aliphatic rings. The fraction of sp³-hybridized carbons (Fsp3) is 0.600. The van der Waals surface area contributed by atoms with Crippen molar-refractivity contribution in [1.82, 2.24) is 0 Å². The van der Waals surface area contributed by atoms with Gasteiger partial charge in [0.1, 0.15) is 0 Å². The maximum absolute atomic E-state index is 10.2. The topological polar surface area (TPSA) is 29.5 Å². The van der Waals surface area contributed by atoms with Crippen LogP contribution < -0.4 is 0 Å². The zero-order valence-corrected chi connectivity index (χ0v) is 10.9. The molecule has 0 aromatic heterocycles. The molecule has 0 radical (unpaired) electrons. The van der Waals surface area contributed by atoms with E-state index >= 15 is 0 Å². The second-order valence-electron chi connectivity index (χ2n) is 5.93. The smallest absolute Gasteiger partial charge is 0.0852 e. The highest BCUT2D eigenvalue weighted by molar-refractivity contribution is 5.31. The first-order valence-electron chi connectivity index (χ1n) is 6.36. The number of aliphatic hydroxyl groups is 1. The molecule has 0 bridgehead atoms. The Morgan fingerprint density at radius 3 is 2.76 bits per heavy atom. The van der Waals surface area contributed by atoms with Gasteiger partial charge in [-0.05, 0) is 23.0 Å². The van der Waals surface area contributed by atoms with Gasteiger partial charge in [-0.3, -0.25) is 0 Å². The summed E-state index contributed by atoms with van der Waals surface area (Å²) in [5.74, 6) is 0. The van der Waals surface area contributed by atoms with Gasteiger partial charge in [-0.2, -0.15) is 0 Å². The predicted octanol–water partition coefficient (Wildman–Crippen LogP) is 3.10. The maximum Gasteiger partial charge on any atom is 0.0852 e. The van der Waals surface area contributed by atoms with Gasteiger partial charge in [0.25, 0.3) is 0 Å². The molecule has 2 unspecified atom stereocenters. The van der Waals surface area contributed by atoms with E-state index in [1.165, 1.54) is 11.1 Å². The lowest BCUT2D eigenvalue weighted by molar-refractivity contribution is -0.0273. The molecule has 2 heteroatoms. The molecule has 0 spiro atoms. The van der Waals surface area contributed by atoms with Gasteiger partial charge >= 0.3 is 0 Å². The van der Waals surface area contributed by atoms with E-state index in [4.69, 9.17) is 4.74 Å². The SMILES string of the molecule is CC(C)(C)C(O)CC1OCCc2ccccc21. The fourth-order valence-corrected chi connectivity index (χ4v) is 2.23. The lowest BCUT2D eigenvalue weighted by Gasteiger charge is -2.32. The Balaban J connectivity index is 2.14. The Morgan fingerprint density at radius 2 is 2.06 bits per heavy atom. The second-order valence-corrected chi connectivity index (χ2v) is 5.93. The van der Waals surface area contributed by atoms with Crippen molar-refractivity contribution in [1.29, 1.82) is 0 Å². The average Bonchev–Trinajstić information content (AvgIpc) is 2.28. The molecule has 0 fully saturated rings. The van der Waals surface area contributed by atoms with Gasteiger partial charge in [0.05, 0.1) is 18.8 Å². The molecule has 1 heterocycles. The molecule has 94 valence electrons. The number of hydrogen-bond acceptors (Lipinski definition) is 2. The molecular formula is C15H22O2. The summed E-state index contributed by atoms with van der Waals surface area (Å²) in [6.07, 6.45) is 1.38. The first-order valence-corrected chi connectivity index (χ1v) is 6.36. The van der Waals surface area contributed by atoms with Crippen LogP contribution in [0, 0.1) is 5.41 Å². The highest BCUT2D eigenvalue weighted by Crippen LogP contribution is 2.34. The quantitative estimate of drug-likeness (QED) is 0.852. The summed E-state index contributed by atoms with van der Waals surface area (Å²) in [6, 6.07) is 8.40. The number of aliphatic hydroxyl groups excluding tert-OH is 1. The molecule has 1 N–H and O–H groups in total. The van der Waals surface area contributed by atoms with Crippen LogP contribution >= 0.6 is 0 Å². The predicted molar refractivity (Wildman–Crippen MR) is 68.9 cm³/mol. The van der Waals surface area contributed by atoms with E-state index in [0.717, 1.165) is 13.0 Å². The van der Waals surface area contributed by atoms with E-state index in [2.05, 4.69) is 39.0 Å². The molecular weight excluding hydrogens is 212 g/mol. The second kappa shape index (κ2) is 4.79. The van der Waals surface area contributed by atoms with Crippen LogP contribution in [0.25, 0.3) is 0 Å². The molecule has 0 amide bonds. The Labute approximate surface area is 104 Å². The minimum absolute atomic E-state index is 0.0502. The van der Waals surface area contributed by atoms with Gasteiger partial charge in [-0.15, -0.1) is 0 Å². The zero-order chi connectivity index (χ0) is 12.5. The van der Waals surface area contributed by atoms with Crippen molar-refractivity contribution in [3.63, 3.8) is 0 Å². The third-order valence-corrected chi connectivity index (χ3v) is 3.53. The molecule has 17 heavy (non-hydrogen) atoms. The minimum Gasteiger partial charge on any atom is -0.392 e. The van der Waals surface area contributed by atoms with Crippen molar-refractivity contribution in [2.24, 2.45) is 5.41 Å². The summed E-state index contributed by atoms with van der Waals surface area (Å²) in [4.78, 5) is 0. The number of ether oxygens (including phenoxy) is 1. The van der Waals surface area contributed by atoms with Crippen molar-refractivity contribution in [3.8, 4) is 0 Å². The Bertz CT molecular complexity index is 379. The van der Waals surface area contributed by atoms with Crippen molar-refractivity contribution >= 4 is 0 Å². The van der Waals surface area contributed by atoms with Crippen LogP contribution in [0.15, 0.2) is 24.3 Å². The van der Waals surface area contributed by atoms with Crippen molar-refractivity contribution in [2.45, 2.75) is 45.8 Å². The van der Waals surface area contributed by atoms with Crippen LogP contribution in [0.5, 0.6) is 0 Å². The van der Waals surface area contributed by atoms with Gasteiger partial charge in [0.2, 0.25) is 0 Å². The third-order valence-electron chi connectivity index (χ3n) is 3.53. The molecule has 0 aliphatic carbocycles. The van der Waals surface area contributed by atoms with E-state index in [9.17, 15) is 5.11 Å². The summed E-state index contributed by atoms with van der Waals surface area (Å²) in [5.41, 5.74) is 2.53. The van der Waals surface area contributed by atoms with E-state index in [-0.39, 0.29) is 17.6 Å². The molecule has 2 atom stereocenters. The van der Waals surface area contributed by atoms with E-state index in [1.807, 2.05) is 6.07 Å². The summed E-state index contributed by atoms with van der Waals surface area (Å²) in [5, 5.41) is 10.2. The van der Waals surface area contributed by atoms with Crippen LogP contribution in [-0.2, 0) is 11.2 Å². The van der Waals surface area contributed by atoms with E-state index < -0.39 is 0 Å². The molecule has 0 saturated heterocycles. The molecule has 1 aromatic rings. The van der Waals surface area contributed by atoms with Gasteiger partial charge in [0, 0.05) is 6.42 Å². The highest BCUT2D eigenvalue weighted by Gasteiger charge is 2.29. The summed E-state index contributed by atoms with van der Waals surface area (Å²) >= 11 is 0. The Morgan fingerprint density at radius 1 is 1.35 bits per heavy atom. The minimum atomic E-state index is -0.335. The zero-order valence-electron chi connectivity index (χ0n) is 10.9. The van der Waals surface area contributed by atoms with Crippen molar-refractivity contribution < 1.29 is 9.84 Å². The maximum atomic E-state index is 10.2. The number of rotatable bonds is 2. The van der Waals surface area contributed by atoms with Gasteiger partial charge in [0.15, 0.2) is 0 Å². The number of benzene rings is 1. The largest absolute Gasteiger partial charge is 0.392 e. The van der Waals surface area contributed by atoms with Gasteiger partial charge in [-0.1, -0.05) is 45.0 Å². The van der Waals surface area contributed by atoms with Crippen molar-refractivity contribution in [2.75, 3.05) is 6.61 Å². The van der Waals surface area contributed by atoms with Gasteiger partial charge < -0.3 is 9.84 Å². The van der Waals surface area contributed by atoms with Gasteiger partial charge in [-0.25, -0.2) is 0 Å². The van der Waals surface area contributed by atoms with Crippen LogP contribution in [-0.4, -0.2) is 17.8 Å². The highest BCUT2D eigenvalue weighted by atomic mass is 16.5. The van der Waals surface area contributed by atoms with Crippen LogP contribution in [0.4, 0.5) is 0 Å². The normalized spacial score (nSPS) is 22.0. The van der Waals surface area contributed by atoms with Crippen molar-refractivity contribution in [3.05, 3.63) is 35.4 Å². The molecule has 1 aliphatic heterocycles. The lowest BCUT2D eigenvalue weighted by Crippen LogP contribution is -2.30. The average molecular weight is 234 g/mol. The molecule has 1 aromatic carbocycles. The summed E-state index contributed by atoms with van der Waals surface area (Å²) in [7, 11) is 0. The first kappa shape index (κ1) is 12.6. The summed E-state index contributed by atoms with van der Waals surface area (Å²) in [6.45, 7) is 6.95. The van der Waals surface area contributed by atoms with E-state index in [0.29, 0.717) is 6.42 Å². The van der Waals surface area contributed by atoms with Crippen LogP contribution in [0.2, 0.25) is 0 Å². The summed E-state index contributed by atoms with van der Waals surface area (Å²) < 4.78 is 5.81. The third kappa shape index (κ3) is 2.88. The standard InChI is InChI=1S/C15H22O2/c1-15(2,3)14(16)10-13-12-7-5-4-6-11(12)8-9-17-13/h4-7,13-14,16H,8-10H2,1-3H3.